The van der Waals surface area contributed by atoms with Gasteiger partial charge in [-0.05, 0) is 43.4 Å². The Morgan fingerprint density at radius 3 is 2.65 bits per heavy atom. The zero-order valence-electron chi connectivity index (χ0n) is 15.6. The molecule has 0 bridgehead atoms. The number of amides is 1. The van der Waals surface area contributed by atoms with E-state index in [9.17, 15) is 4.79 Å². The minimum atomic E-state index is 0.212. The first kappa shape index (κ1) is 17.0. The van der Waals surface area contributed by atoms with Crippen LogP contribution in [0.15, 0.2) is 42.5 Å². The van der Waals surface area contributed by atoms with Crippen LogP contribution in [0.5, 0.6) is 5.75 Å². The van der Waals surface area contributed by atoms with Crippen molar-refractivity contribution in [1.29, 1.82) is 0 Å². The standard InChI is InChI=1S/C22H26N2O2/c1-3-12-23(14-16-8-9-16)22(25)15-24-20-7-5-4-6-18(20)19-11-10-17(26-2)13-21(19)24/h4-7,10-11,13,16H,3,8-9,12,14-15H2,1-2H3. The highest BCUT2D eigenvalue weighted by atomic mass is 16.5. The Hall–Kier alpha value is -2.49. The first-order valence-electron chi connectivity index (χ1n) is 9.54. The molecule has 0 N–H and O–H groups in total. The summed E-state index contributed by atoms with van der Waals surface area (Å²) in [6, 6.07) is 14.4. The fourth-order valence-electron chi connectivity index (χ4n) is 3.76. The zero-order valence-corrected chi connectivity index (χ0v) is 15.6. The Balaban J connectivity index is 1.74. The van der Waals surface area contributed by atoms with Gasteiger partial charge < -0.3 is 14.2 Å². The predicted molar refractivity (Wildman–Crippen MR) is 106 cm³/mol. The molecule has 1 fully saturated rings. The summed E-state index contributed by atoms with van der Waals surface area (Å²) < 4.78 is 7.56. The molecule has 4 heteroatoms. The third-order valence-corrected chi connectivity index (χ3v) is 5.30. The smallest absolute Gasteiger partial charge is 0.242 e. The molecule has 26 heavy (non-hydrogen) atoms. The van der Waals surface area contributed by atoms with Crippen molar-refractivity contribution in [2.24, 2.45) is 5.92 Å². The molecule has 1 aromatic heterocycles. The summed E-state index contributed by atoms with van der Waals surface area (Å²) in [7, 11) is 1.68. The number of hydrogen-bond donors (Lipinski definition) is 0. The number of aromatic nitrogens is 1. The highest BCUT2D eigenvalue weighted by Gasteiger charge is 2.27. The first-order valence-corrected chi connectivity index (χ1v) is 9.54. The number of rotatable bonds is 7. The van der Waals surface area contributed by atoms with Crippen LogP contribution in [-0.4, -0.2) is 35.6 Å². The molecule has 1 amide bonds. The lowest BCUT2D eigenvalue weighted by Gasteiger charge is -2.23. The van der Waals surface area contributed by atoms with Crippen molar-refractivity contribution in [3.8, 4) is 5.75 Å². The van der Waals surface area contributed by atoms with Gasteiger partial charge in [0.05, 0.1) is 12.6 Å². The van der Waals surface area contributed by atoms with Gasteiger partial charge in [-0.2, -0.15) is 0 Å². The van der Waals surface area contributed by atoms with Crippen LogP contribution >= 0.6 is 0 Å². The molecule has 0 spiro atoms. The van der Waals surface area contributed by atoms with Crippen molar-refractivity contribution in [2.75, 3.05) is 20.2 Å². The van der Waals surface area contributed by atoms with E-state index in [2.05, 4.69) is 40.7 Å². The second-order valence-electron chi connectivity index (χ2n) is 7.27. The van der Waals surface area contributed by atoms with E-state index in [4.69, 9.17) is 4.74 Å². The molecule has 0 atom stereocenters. The summed E-state index contributed by atoms with van der Waals surface area (Å²) >= 11 is 0. The maximum Gasteiger partial charge on any atom is 0.242 e. The van der Waals surface area contributed by atoms with Crippen molar-refractivity contribution in [2.45, 2.75) is 32.7 Å². The van der Waals surface area contributed by atoms with Crippen LogP contribution in [0.2, 0.25) is 0 Å². The fourth-order valence-corrected chi connectivity index (χ4v) is 3.76. The van der Waals surface area contributed by atoms with E-state index < -0.39 is 0 Å². The molecule has 0 unspecified atom stereocenters. The molecule has 1 saturated carbocycles. The number of hydrogen-bond acceptors (Lipinski definition) is 2. The van der Waals surface area contributed by atoms with E-state index in [0.717, 1.165) is 36.3 Å². The Labute approximate surface area is 154 Å². The monoisotopic (exact) mass is 350 g/mol. The Bertz CT molecular complexity index is 940. The molecule has 0 saturated heterocycles. The number of para-hydroxylation sites is 1. The first-order chi connectivity index (χ1) is 12.7. The maximum absolute atomic E-state index is 13.1. The number of ether oxygens (including phenoxy) is 1. The second-order valence-corrected chi connectivity index (χ2v) is 7.27. The van der Waals surface area contributed by atoms with Crippen molar-refractivity contribution in [3.05, 3.63) is 42.5 Å². The zero-order chi connectivity index (χ0) is 18.1. The van der Waals surface area contributed by atoms with E-state index >= 15 is 0 Å². The van der Waals surface area contributed by atoms with Gasteiger partial charge >= 0.3 is 0 Å². The molecular formula is C22H26N2O2. The van der Waals surface area contributed by atoms with Crippen molar-refractivity contribution >= 4 is 27.7 Å². The summed E-state index contributed by atoms with van der Waals surface area (Å²) in [6.07, 6.45) is 3.53. The van der Waals surface area contributed by atoms with Gasteiger partial charge in [0.15, 0.2) is 0 Å². The number of benzene rings is 2. The van der Waals surface area contributed by atoms with Gasteiger partial charge in [0.2, 0.25) is 5.91 Å². The lowest BCUT2D eigenvalue weighted by Crippen LogP contribution is -2.36. The van der Waals surface area contributed by atoms with Crippen LogP contribution in [-0.2, 0) is 11.3 Å². The fraction of sp³-hybridized carbons (Fsp3) is 0.409. The average molecular weight is 350 g/mol. The molecule has 3 aromatic rings. The third kappa shape index (κ3) is 3.16. The maximum atomic E-state index is 13.1. The van der Waals surface area contributed by atoms with Crippen LogP contribution in [0.3, 0.4) is 0 Å². The normalized spacial score (nSPS) is 14.1. The number of nitrogens with zero attached hydrogens (tertiary/aromatic N) is 2. The van der Waals surface area contributed by atoms with Gasteiger partial charge in [0.1, 0.15) is 12.3 Å². The summed E-state index contributed by atoms with van der Waals surface area (Å²) in [5.74, 6) is 1.74. The molecular weight excluding hydrogens is 324 g/mol. The number of fused-ring (bicyclic) bond motifs is 3. The summed E-state index contributed by atoms with van der Waals surface area (Å²) in [6.45, 7) is 4.27. The lowest BCUT2D eigenvalue weighted by molar-refractivity contribution is -0.132. The number of methoxy groups -OCH3 is 1. The molecule has 0 radical (unpaired) electrons. The van der Waals surface area contributed by atoms with Crippen LogP contribution in [0.4, 0.5) is 0 Å². The minimum Gasteiger partial charge on any atom is -0.497 e. The highest BCUT2D eigenvalue weighted by Crippen LogP contribution is 2.32. The molecule has 0 aliphatic heterocycles. The predicted octanol–water partition coefficient (Wildman–Crippen LogP) is 4.45. The van der Waals surface area contributed by atoms with Crippen molar-refractivity contribution in [1.82, 2.24) is 9.47 Å². The van der Waals surface area contributed by atoms with E-state index in [1.54, 1.807) is 7.11 Å². The Morgan fingerprint density at radius 2 is 1.92 bits per heavy atom. The van der Waals surface area contributed by atoms with Gasteiger partial charge in [-0.1, -0.05) is 25.1 Å². The van der Waals surface area contributed by atoms with E-state index in [-0.39, 0.29) is 5.91 Å². The number of carbonyl (C=O) groups excluding carboxylic acids is 1. The van der Waals surface area contributed by atoms with Gasteiger partial charge in [0.25, 0.3) is 0 Å². The minimum absolute atomic E-state index is 0.212. The topological polar surface area (TPSA) is 34.5 Å². The lowest BCUT2D eigenvalue weighted by atomic mass is 10.1. The number of carbonyl (C=O) groups is 1. The van der Waals surface area contributed by atoms with Gasteiger partial charge in [-0.15, -0.1) is 0 Å². The summed E-state index contributed by atoms with van der Waals surface area (Å²) in [5, 5.41) is 2.35. The second kappa shape index (κ2) is 7.02. The molecule has 2 aromatic carbocycles. The van der Waals surface area contributed by atoms with Crippen molar-refractivity contribution in [3.63, 3.8) is 0 Å². The van der Waals surface area contributed by atoms with E-state index in [1.807, 2.05) is 18.2 Å². The molecule has 4 nitrogen and oxygen atoms in total. The summed E-state index contributed by atoms with van der Waals surface area (Å²) in [5.41, 5.74) is 2.16. The van der Waals surface area contributed by atoms with E-state index in [1.165, 1.54) is 23.6 Å². The van der Waals surface area contributed by atoms with Crippen LogP contribution in [0.1, 0.15) is 26.2 Å². The SMILES string of the molecule is CCCN(CC1CC1)C(=O)Cn1c2ccccc2c2ccc(OC)cc21. The van der Waals surface area contributed by atoms with Crippen LogP contribution in [0, 0.1) is 5.92 Å². The molecule has 1 aliphatic rings. The molecule has 1 heterocycles. The molecule has 1 aliphatic carbocycles. The van der Waals surface area contributed by atoms with Crippen molar-refractivity contribution < 1.29 is 9.53 Å². The molecule has 4 rings (SSSR count). The highest BCUT2D eigenvalue weighted by molar-refractivity contribution is 6.09. The van der Waals surface area contributed by atoms with Gasteiger partial charge in [-0.3, -0.25) is 4.79 Å². The van der Waals surface area contributed by atoms with Gasteiger partial charge in [0, 0.05) is 35.4 Å². The third-order valence-electron chi connectivity index (χ3n) is 5.30. The van der Waals surface area contributed by atoms with Crippen LogP contribution < -0.4 is 4.74 Å². The molecule has 136 valence electrons. The largest absolute Gasteiger partial charge is 0.497 e. The Morgan fingerprint density at radius 1 is 1.15 bits per heavy atom. The van der Waals surface area contributed by atoms with Crippen LogP contribution in [0.25, 0.3) is 21.8 Å². The van der Waals surface area contributed by atoms with Gasteiger partial charge in [-0.25, -0.2) is 0 Å². The Kier molecular flexibility index (Phi) is 4.58. The average Bonchev–Trinajstić information content (AvgIpc) is 3.44. The quantitative estimate of drug-likeness (QED) is 0.631. The van der Waals surface area contributed by atoms with E-state index in [0.29, 0.717) is 12.5 Å². The summed E-state index contributed by atoms with van der Waals surface area (Å²) in [4.78, 5) is 15.1.